The van der Waals surface area contributed by atoms with E-state index >= 15 is 0 Å². The molecule has 2 aromatic rings. The fraction of sp³-hybridized carbons (Fsp3) is 0.222. The van der Waals surface area contributed by atoms with Gasteiger partial charge in [0.1, 0.15) is 0 Å². The molecule has 114 valence electrons. The molecule has 4 heteroatoms. The van der Waals surface area contributed by atoms with Crippen LogP contribution in [-0.4, -0.2) is 7.11 Å². The van der Waals surface area contributed by atoms with Crippen molar-refractivity contribution in [2.75, 3.05) is 7.11 Å². The Morgan fingerprint density at radius 3 is 2.36 bits per heavy atom. The molecule has 0 unspecified atom stereocenters. The van der Waals surface area contributed by atoms with Gasteiger partial charge in [0.25, 0.3) is 0 Å². The Labute approximate surface area is 154 Å². The number of benzene rings is 2. The van der Waals surface area contributed by atoms with Gasteiger partial charge in [-0.15, -0.1) is 0 Å². The van der Waals surface area contributed by atoms with E-state index in [1.54, 1.807) is 0 Å². The molecule has 0 atom stereocenters. The van der Waals surface area contributed by atoms with E-state index in [0.29, 0.717) is 0 Å². The molecule has 0 amide bonds. The quantitative estimate of drug-likeness (QED) is 0.583. The predicted molar refractivity (Wildman–Crippen MR) is 81.6 cm³/mol. The molecule has 0 fully saturated rings. The van der Waals surface area contributed by atoms with Gasteiger partial charge in [-0.2, -0.15) is 0 Å². The van der Waals surface area contributed by atoms with Gasteiger partial charge in [-0.3, -0.25) is 0 Å². The van der Waals surface area contributed by atoms with E-state index in [0.717, 1.165) is 6.42 Å². The maximum Gasteiger partial charge on any atom is -1.00 e. The van der Waals surface area contributed by atoms with Crippen LogP contribution in [-0.2, 0) is 22.9 Å². The first kappa shape index (κ1) is 19.5. The topological polar surface area (TPSA) is 9.23 Å². The third kappa shape index (κ3) is 3.50. The minimum Gasteiger partial charge on any atom is -1.00 e. The number of fused-ring (bicyclic) bond motifs is 1. The van der Waals surface area contributed by atoms with Crippen LogP contribution in [0.5, 0.6) is 0 Å². The van der Waals surface area contributed by atoms with E-state index in [4.69, 9.17) is 3.32 Å². The fourth-order valence-electron chi connectivity index (χ4n) is 2.85. The molecule has 1 aliphatic rings. The van der Waals surface area contributed by atoms with Gasteiger partial charge in [0.2, 0.25) is 0 Å². The van der Waals surface area contributed by atoms with Crippen LogP contribution in [0.25, 0.3) is 16.3 Å². The van der Waals surface area contributed by atoms with Crippen molar-refractivity contribution in [3.05, 3.63) is 59.2 Å². The number of hydrogen-bond donors (Lipinski definition) is 0. The molecule has 0 aromatic heterocycles. The third-order valence-corrected chi connectivity index (χ3v) is 5.59. The van der Waals surface area contributed by atoms with Crippen LogP contribution in [0.3, 0.4) is 0 Å². The van der Waals surface area contributed by atoms with E-state index in [2.05, 4.69) is 56.3 Å². The van der Waals surface area contributed by atoms with E-state index in [1.165, 1.54) is 36.9 Å². The van der Waals surface area contributed by atoms with Crippen molar-refractivity contribution in [2.24, 2.45) is 0 Å². The SMILES string of the molecule is C[O][Ti+2][c]1c(C2=C(C)C(C)=CC2)ccc2ccccc12.[Cl-].[Cl-]. The van der Waals surface area contributed by atoms with Gasteiger partial charge in [0.15, 0.2) is 0 Å². The summed E-state index contributed by atoms with van der Waals surface area (Å²) in [7, 11) is 1.82. The fourth-order valence-corrected chi connectivity index (χ4v) is 4.23. The summed E-state index contributed by atoms with van der Waals surface area (Å²) < 4.78 is 7.02. The summed E-state index contributed by atoms with van der Waals surface area (Å²) in [5, 5.41) is 2.67. The summed E-state index contributed by atoms with van der Waals surface area (Å²) in [6.07, 6.45) is 3.38. The molecule has 0 N–H and O–H groups in total. The minimum atomic E-state index is -0.548. The molecule has 0 saturated heterocycles. The maximum atomic E-state index is 5.58. The zero-order valence-electron chi connectivity index (χ0n) is 12.9. The summed E-state index contributed by atoms with van der Waals surface area (Å²) in [5.74, 6) is 0. The number of hydrogen-bond acceptors (Lipinski definition) is 1. The molecule has 22 heavy (non-hydrogen) atoms. The van der Waals surface area contributed by atoms with Crippen LogP contribution in [0.4, 0.5) is 0 Å². The van der Waals surface area contributed by atoms with Crippen LogP contribution in [0.2, 0.25) is 0 Å². The second kappa shape index (κ2) is 8.33. The van der Waals surface area contributed by atoms with Crippen LogP contribution in [0.15, 0.2) is 53.6 Å². The van der Waals surface area contributed by atoms with Crippen LogP contribution in [0.1, 0.15) is 25.8 Å². The Hall–Kier alpha value is -0.566. The van der Waals surface area contributed by atoms with Crippen molar-refractivity contribution >= 4 is 20.2 Å². The Balaban J connectivity index is 0.00000121. The van der Waals surface area contributed by atoms with Gasteiger partial charge in [-0.05, 0) is 0 Å². The Kier molecular flexibility index (Phi) is 7.38. The van der Waals surface area contributed by atoms with Crippen LogP contribution >= 0.6 is 0 Å². The van der Waals surface area contributed by atoms with Crippen molar-refractivity contribution in [2.45, 2.75) is 20.3 Å². The minimum absolute atomic E-state index is 0. The van der Waals surface area contributed by atoms with Gasteiger partial charge < -0.3 is 24.8 Å². The van der Waals surface area contributed by atoms with E-state index in [-0.39, 0.29) is 24.8 Å². The second-order valence-electron chi connectivity index (χ2n) is 5.21. The largest absolute Gasteiger partial charge is 1.00 e. The standard InChI is InChI=1S/C17H15.CH3O.2ClH.Ti/c1-12-7-10-17(13(12)2)16-9-8-14-5-3-4-6-15(14)11-16;1-2;;;/h3-9H,10H2,1-2H3;1H3;2*1H;/q;-1;;;+3/p-2. The molecule has 0 heterocycles. The van der Waals surface area contributed by atoms with E-state index in [1.807, 2.05) is 7.11 Å². The van der Waals surface area contributed by atoms with Gasteiger partial charge in [-0.25, -0.2) is 0 Å². The van der Waals surface area contributed by atoms with Crippen molar-refractivity contribution in [1.82, 2.24) is 0 Å². The molecule has 2 aromatic carbocycles. The monoisotopic (exact) mass is 368 g/mol. The summed E-state index contributed by atoms with van der Waals surface area (Å²) >= 11 is -0.548. The molecule has 0 spiro atoms. The first-order valence-electron chi connectivity index (χ1n) is 6.90. The number of halogens is 2. The summed E-state index contributed by atoms with van der Waals surface area (Å²) in [5.41, 5.74) is 5.72. The third-order valence-electron chi connectivity index (χ3n) is 4.11. The summed E-state index contributed by atoms with van der Waals surface area (Å²) in [6.45, 7) is 4.44. The maximum absolute atomic E-state index is 5.58. The van der Waals surface area contributed by atoms with Crippen molar-refractivity contribution in [3.8, 4) is 0 Å². The molecule has 0 bridgehead atoms. The number of allylic oxidation sites excluding steroid dienone is 4. The number of rotatable bonds is 3. The van der Waals surface area contributed by atoms with Gasteiger partial charge in [0.05, 0.1) is 0 Å². The Bertz CT molecular complexity index is 735. The molecule has 3 rings (SSSR count). The molecule has 0 aliphatic heterocycles. The van der Waals surface area contributed by atoms with Gasteiger partial charge >= 0.3 is 130 Å². The first-order chi connectivity index (χ1) is 9.72. The molecule has 1 nitrogen and oxygen atoms in total. The average molecular weight is 369 g/mol. The average Bonchev–Trinajstić information content (AvgIpc) is 2.80. The van der Waals surface area contributed by atoms with E-state index in [9.17, 15) is 0 Å². The van der Waals surface area contributed by atoms with E-state index < -0.39 is 19.5 Å². The van der Waals surface area contributed by atoms with Gasteiger partial charge in [-0.1, -0.05) is 0 Å². The van der Waals surface area contributed by atoms with Crippen molar-refractivity contribution in [3.63, 3.8) is 0 Å². The molecular weight excluding hydrogens is 351 g/mol. The van der Waals surface area contributed by atoms with Crippen LogP contribution in [0, 0.1) is 0 Å². The predicted octanol–water partition coefficient (Wildman–Crippen LogP) is -1.76. The molecule has 0 radical (unpaired) electrons. The second-order valence-corrected chi connectivity index (χ2v) is 6.95. The smallest absolute Gasteiger partial charge is 1.00 e. The van der Waals surface area contributed by atoms with Crippen LogP contribution < -0.4 is 28.7 Å². The van der Waals surface area contributed by atoms with Crippen molar-refractivity contribution in [1.29, 1.82) is 0 Å². The molecule has 0 saturated carbocycles. The Morgan fingerprint density at radius 1 is 1.00 bits per heavy atom. The summed E-state index contributed by atoms with van der Waals surface area (Å²) in [6, 6.07) is 13.2. The molecular formula is C18H18Cl2OTi. The zero-order chi connectivity index (χ0) is 14.1. The van der Waals surface area contributed by atoms with Crippen molar-refractivity contribution < 1.29 is 47.7 Å². The normalized spacial score (nSPS) is 13.3. The first-order valence-corrected chi connectivity index (χ1v) is 8.32. The van der Waals surface area contributed by atoms with Gasteiger partial charge in [0, 0.05) is 0 Å². The molecule has 1 aliphatic carbocycles. The zero-order valence-corrected chi connectivity index (χ0v) is 16.0. The Morgan fingerprint density at radius 2 is 1.73 bits per heavy atom. The summed E-state index contributed by atoms with van der Waals surface area (Å²) in [4.78, 5) is 0.